The Morgan fingerprint density at radius 1 is 1.07 bits per heavy atom. The molecule has 27 heavy (non-hydrogen) atoms. The van der Waals surface area contributed by atoms with Crippen LogP contribution >= 0.6 is 22.9 Å². The highest BCUT2D eigenvalue weighted by atomic mass is 35.5. The van der Waals surface area contributed by atoms with Crippen LogP contribution in [0.25, 0.3) is 21.3 Å². The topological polar surface area (TPSA) is 75.1 Å². The molecule has 2 aromatic heterocycles. The number of aromatic carboxylic acids is 1. The number of thiophene rings is 1. The molecule has 0 saturated heterocycles. The average molecular weight is 396 g/mol. The van der Waals surface area contributed by atoms with Crippen molar-refractivity contribution in [3.8, 4) is 11.1 Å². The highest BCUT2D eigenvalue weighted by Gasteiger charge is 2.15. The number of carbonyl (C=O) groups is 1. The van der Waals surface area contributed by atoms with E-state index in [0.717, 1.165) is 26.9 Å². The van der Waals surface area contributed by atoms with Crippen LogP contribution in [0, 0.1) is 0 Å². The molecule has 0 aliphatic carbocycles. The highest BCUT2D eigenvalue weighted by Crippen LogP contribution is 2.37. The average Bonchev–Trinajstić information content (AvgIpc) is 3.11. The summed E-state index contributed by atoms with van der Waals surface area (Å²) < 4.78 is 0. The van der Waals surface area contributed by atoms with Gasteiger partial charge in [0.15, 0.2) is 0 Å². The van der Waals surface area contributed by atoms with Gasteiger partial charge >= 0.3 is 5.97 Å². The molecule has 0 spiro atoms. The molecule has 0 amide bonds. The third kappa shape index (κ3) is 3.63. The third-order valence-corrected chi connectivity index (χ3v) is 5.19. The van der Waals surface area contributed by atoms with Crippen LogP contribution in [0.4, 0.5) is 5.82 Å². The lowest BCUT2D eigenvalue weighted by Gasteiger charge is -2.09. The number of anilines is 1. The number of nitrogens with one attached hydrogen (secondary N) is 1. The zero-order valence-electron chi connectivity index (χ0n) is 14.0. The second-order valence-electron chi connectivity index (χ2n) is 5.89. The molecule has 2 aromatic carbocycles. The van der Waals surface area contributed by atoms with Crippen LogP contribution in [0.3, 0.4) is 0 Å². The summed E-state index contributed by atoms with van der Waals surface area (Å²) in [5.41, 5.74) is 3.34. The van der Waals surface area contributed by atoms with Gasteiger partial charge < -0.3 is 10.4 Å². The van der Waals surface area contributed by atoms with Gasteiger partial charge in [0.25, 0.3) is 0 Å². The van der Waals surface area contributed by atoms with Gasteiger partial charge in [-0.15, -0.1) is 11.3 Å². The molecular weight excluding hydrogens is 382 g/mol. The maximum Gasteiger partial charge on any atom is 0.335 e. The van der Waals surface area contributed by atoms with E-state index in [2.05, 4.69) is 20.7 Å². The SMILES string of the molecule is O=C(O)c1ccc(CNc2nc(Cl)nc3scc(-c4ccccc4)c23)cc1. The lowest BCUT2D eigenvalue weighted by Crippen LogP contribution is -2.04. The number of hydrogen-bond acceptors (Lipinski definition) is 5. The van der Waals surface area contributed by atoms with E-state index < -0.39 is 5.97 Å². The van der Waals surface area contributed by atoms with Crippen molar-refractivity contribution < 1.29 is 9.90 Å². The Kier molecular flexibility index (Phi) is 4.75. The van der Waals surface area contributed by atoms with Crippen molar-refractivity contribution in [3.63, 3.8) is 0 Å². The number of carboxylic acids is 1. The molecule has 4 rings (SSSR count). The number of nitrogens with zero attached hydrogens (tertiary/aromatic N) is 2. The van der Waals surface area contributed by atoms with Crippen molar-refractivity contribution in [1.29, 1.82) is 0 Å². The zero-order chi connectivity index (χ0) is 18.8. The maximum atomic E-state index is 11.0. The van der Waals surface area contributed by atoms with Crippen LogP contribution in [0.2, 0.25) is 5.28 Å². The molecule has 0 bridgehead atoms. The van der Waals surface area contributed by atoms with E-state index in [1.54, 1.807) is 24.3 Å². The van der Waals surface area contributed by atoms with Crippen molar-refractivity contribution >= 4 is 44.9 Å². The van der Waals surface area contributed by atoms with Crippen LogP contribution in [-0.4, -0.2) is 21.0 Å². The fourth-order valence-electron chi connectivity index (χ4n) is 2.82. The first kappa shape index (κ1) is 17.5. The lowest BCUT2D eigenvalue weighted by molar-refractivity contribution is 0.0697. The Labute approximate surface area is 164 Å². The van der Waals surface area contributed by atoms with Gasteiger partial charge in [0, 0.05) is 17.5 Å². The molecular formula is C20H14ClN3O2S. The van der Waals surface area contributed by atoms with Crippen LogP contribution < -0.4 is 5.32 Å². The molecule has 0 atom stereocenters. The van der Waals surface area contributed by atoms with E-state index in [1.807, 2.05) is 30.3 Å². The van der Waals surface area contributed by atoms with Gasteiger partial charge in [-0.2, -0.15) is 0 Å². The summed E-state index contributed by atoms with van der Waals surface area (Å²) in [4.78, 5) is 20.5. The van der Waals surface area contributed by atoms with Gasteiger partial charge in [-0.25, -0.2) is 14.8 Å². The van der Waals surface area contributed by atoms with Crippen molar-refractivity contribution in [2.45, 2.75) is 6.54 Å². The molecule has 5 nitrogen and oxygen atoms in total. The minimum Gasteiger partial charge on any atom is -0.478 e. The monoisotopic (exact) mass is 395 g/mol. The van der Waals surface area contributed by atoms with E-state index >= 15 is 0 Å². The lowest BCUT2D eigenvalue weighted by atomic mass is 10.1. The summed E-state index contributed by atoms with van der Waals surface area (Å²) in [5, 5.41) is 15.5. The fourth-order valence-corrected chi connectivity index (χ4v) is 3.99. The normalized spacial score (nSPS) is 10.9. The molecule has 0 radical (unpaired) electrons. The molecule has 0 aliphatic heterocycles. The molecule has 0 unspecified atom stereocenters. The van der Waals surface area contributed by atoms with Crippen LogP contribution in [0.1, 0.15) is 15.9 Å². The second-order valence-corrected chi connectivity index (χ2v) is 7.09. The third-order valence-electron chi connectivity index (χ3n) is 4.15. The molecule has 0 fully saturated rings. The molecule has 0 saturated carbocycles. The number of benzene rings is 2. The van der Waals surface area contributed by atoms with Crippen molar-refractivity contribution in [2.75, 3.05) is 5.32 Å². The highest BCUT2D eigenvalue weighted by molar-refractivity contribution is 7.17. The van der Waals surface area contributed by atoms with Crippen LogP contribution in [-0.2, 0) is 6.54 Å². The van der Waals surface area contributed by atoms with Gasteiger partial charge in [-0.05, 0) is 34.9 Å². The first-order valence-electron chi connectivity index (χ1n) is 8.18. The van der Waals surface area contributed by atoms with Crippen LogP contribution in [0.15, 0.2) is 60.0 Å². The smallest absolute Gasteiger partial charge is 0.335 e. The fraction of sp³-hybridized carbons (Fsp3) is 0.0500. The summed E-state index contributed by atoms with van der Waals surface area (Å²) in [6, 6.07) is 16.8. The molecule has 2 N–H and O–H groups in total. The predicted molar refractivity (Wildman–Crippen MR) is 109 cm³/mol. The van der Waals surface area contributed by atoms with Gasteiger partial charge in [0.1, 0.15) is 10.6 Å². The first-order valence-corrected chi connectivity index (χ1v) is 9.44. The quantitative estimate of drug-likeness (QED) is 0.447. The van der Waals surface area contributed by atoms with E-state index in [0.29, 0.717) is 12.4 Å². The minimum atomic E-state index is -0.940. The summed E-state index contributed by atoms with van der Waals surface area (Å²) in [5.74, 6) is -0.281. The summed E-state index contributed by atoms with van der Waals surface area (Å²) >= 11 is 7.62. The second kappa shape index (κ2) is 7.34. The Hall–Kier alpha value is -2.96. The minimum absolute atomic E-state index is 0.188. The van der Waals surface area contributed by atoms with E-state index in [4.69, 9.17) is 16.7 Å². The predicted octanol–water partition coefficient (Wildman–Crippen LogP) is 5.32. The van der Waals surface area contributed by atoms with Crippen molar-refractivity contribution in [1.82, 2.24) is 9.97 Å². The van der Waals surface area contributed by atoms with E-state index in [1.165, 1.54) is 11.3 Å². The van der Waals surface area contributed by atoms with Crippen molar-refractivity contribution in [3.05, 3.63) is 76.4 Å². The molecule has 0 aliphatic rings. The van der Waals surface area contributed by atoms with Crippen LogP contribution in [0.5, 0.6) is 0 Å². The largest absolute Gasteiger partial charge is 0.478 e. The van der Waals surface area contributed by atoms with E-state index in [9.17, 15) is 4.79 Å². The van der Waals surface area contributed by atoms with Gasteiger partial charge in [-0.3, -0.25) is 0 Å². The standard InChI is InChI=1S/C20H14ClN3O2S/c21-20-23-17(22-10-12-6-8-14(9-7-12)19(25)26)16-15(11-27-18(16)24-20)13-4-2-1-3-5-13/h1-9,11H,10H2,(H,25,26)(H,22,23,24). The molecule has 2 heterocycles. The molecule has 4 aromatic rings. The Morgan fingerprint density at radius 2 is 1.81 bits per heavy atom. The Morgan fingerprint density at radius 3 is 2.52 bits per heavy atom. The molecule has 7 heteroatoms. The van der Waals surface area contributed by atoms with Crippen molar-refractivity contribution in [2.24, 2.45) is 0 Å². The maximum absolute atomic E-state index is 11.0. The number of halogens is 1. The summed E-state index contributed by atoms with van der Waals surface area (Å²) in [6.45, 7) is 0.492. The Balaban J connectivity index is 1.68. The van der Waals surface area contributed by atoms with Gasteiger partial charge in [0.05, 0.1) is 10.9 Å². The zero-order valence-corrected chi connectivity index (χ0v) is 15.6. The number of hydrogen-bond donors (Lipinski definition) is 2. The number of rotatable bonds is 5. The van der Waals surface area contributed by atoms with Gasteiger partial charge in [0.2, 0.25) is 5.28 Å². The molecule has 134 valence electrons. The van der Waals surface area contributed by atoms with Gasteiger partial charge in [-0.1, -0.05) is 42.5 Å². The summed E-state index contributed by atoms with van der Waals surface area (Å²) in [7, 11) is 0. The Bertz CT molecular complexity index is 1110. The summed E-state index contributed by atoms with van der Waals surface area (Å²) in [6.07, 6.45) is 0. The number of fused-ring (bicyclic) bond motifs is 1. The first-order chi connectivity index (χ1) is 13.1. The van der Waals surface area contributed by atoms with E-state index in [-0.39, 0.29) is 10.8 Å². The number of aromatic nitrogens is 2. The number of carboxylic acid groups (broad SMARTS) is 1.